The molecule has 5 heteroatoms. The average Bonchev–Trinajstić information content (AvgIpc) is 2.58. The maximum Gasteiger partial charge on any atom is 0.336 e. The van der Waals surface area contributed by atoms with Crippen LogP contribution in [0.2, 0.25) is 0 Å². The van der Waals surface area contributed by atoms with Gasteiger partial charge in [-0.25, -0.2) is 4.79 Å². The minimum atomic E-state index is -0.614. The molecule has 0 saturated heterocycles. The summed E-state index contributed by atoms with van der Waals surface area (Å²) in [5.41, 5.74) is 0.0446. The molecule has 1 aromatic carbocycles. The standard InChI is InChI=1S/C20H25NO4/c1-12-5-4-6-17(13(12)2)21-20(23)14(3)24-16-9-7-15-8-10-19(22)25-18(15)11-16/h7-14,17H,4-6H2,1-3H3,(H,21,23)/t12-,13+,14+,17+/m0/s1. The van der Waals surface area contributed by atoms with E-state index in [1.54, 1.807) is 25.1 Å². The summed E-state index contributed by atoms with van der Waals surface area (Å²) in [5, 5.41) is 3.94. The second-order valence-electron chi connectivity index (χ2n) is 7.10. The second-order valence-corrected chi connectivity index (χ2v) is 7.10. The highest BCUT2D eigenvalue weighted by atomic mass is 16.5. The van der Waals surface area contributed by atoms with Crippen molar-refractivity contribution < 1.29 is 13.9 Å². The van der Waals surface area contributed by atoms with Crippen molar-refractivity contribution >= 4 is 16.9 Å². The van der Waals surface area contributed by atoms with Crippen molar-refractivity contribution in [2.24, 2.45) is 11.8 Å². The molecule has 1 saturated carbocycles. The maximum absolute atomic E-state index is 12.5. The molecule has 134 valence electrons. The van der Waals surface area contributed by atoms with Crippen molar-refractivity contribution in [3.05, 3.63) is 40.8 Å². The van der Waals surface area contributed by atoms with Gasteiger partial charge in [-0.2, -0.15) is 0 Å². The number of carbonyl (C=O) groups is 1. The summed E-state index contributed by atoms with van der Waals surface area (Å²) in [6, 6.07) is 8.52. The highest BCUT2D eigenvalue weighted by molar-refractivity contribution is 5.81. The Kier molecular flexibility index (Phi) is 5.11. The summed E-state index contributed by atoms with van der Waals surface area (Å²) in [5.74, 6) is 1.49. The first-order valence-corrected chi connectivity index (χ1v) is 8.95. The predicted molar refractivity (Wildman–Crippen MR) is 96.7 cm³/mol. The van der Waals surface area contributed by atoms with Gasteiger partial charge in [0, 0.05) is 23.6 Å². The van der Waals surface area contributed by atoms with Crippen LogP contribution in [-0.4, -0.2) is 18.1 Å². The lowest BCUT2D eigenvalue weighted by Gasteiger charge is -2.35. The van der Waals surface area contributed by atoms with Gasteiger partial charge in [0.25, 0.3) is 5.91 Å². The van der Waals surface area contributed by atoms with E-state index in [2.05, 4.69) is 19.2 Å². The van der Waals surface area contributed by atoms with Crippen LogP contribution in [0.1, 0.15) is 40.0 Å². The lowest BCUT2D eigenvalue weighted by atomic mass is 9.78. The minimum Gasteiger partial charge on any atom is -0.481 e. The van der Waals surface area contributed by atoms with Crippen LogP contribution in [0.5, 0.6) is 5.75 Å². The van der Waals surface area contributed by atoms with Gasteiger partial charge in [0.2, 0.25) is 0 Å². The second kappa shape index (κ2) is 7.30. The summed E-state index contributed by atoms with van der Waals surface area (Å²) >= 11 is 0. The van der Waals surface area contributed by atoms with E-state index >= 15 is 0 Å². The van der Waals surface area contributed by atoms with E-state index in [9.17, 15) is 9.59 Å². The smallest absolute Gasteiger partial charge is 0.336 e. The molecule has 1 aliphatic carbocycles. The Balaban J connectivity index is 1.66. The molecule has 1 heterocycles. The molecular weight excluding hydrogens is 318 g/mol. The van der Waals surface area contributed by atoms with Crippen LogP contribution in [0.3, 0.4) is 0 Å². The van der Waals surface area contributed by atoms with Crippen molar-refractivity contribution in [3.8, 4) is 5.75 Å². The lowest BCUT2D eigenvalue weighted by molar-refractivity contribution is -0.128. The van der Waals surface area contributed by atoms with Gasteiger partial charge in [0.15, 0.2) is 6.10 Å². The Hall–Kier alpha value is -2.30. The molecule has 0 bridgehead atoms. The average molecular weight is 343 g/mol. The van der Waals surface area contributed by atoms with Crippen molar-refractivity contribution in [2.45, 2.75) is 52.2 Å². The van der Waals surface area contributed by atoms with Gasteiger partial charge in [0.1, 0.15) is 11.3 Å². The molecule has 3 rings (SSSR count). The number of carbonyl (C=O) groups excluding carboxylic acids is 1. The van der Waals surface area contributed by atoms with E-state index in [1.807, 2.05) is 6.07 Å². The number of amides is 1. The molecule has 0 aliphatic heterocycles. The number of ether oxygens (including phenoxy) is 1. The van der Waals surface area contributed by atoms with Crippen molar-refractivity contribution in [2.75, 3.05) is 0 Å². The number of benzene rings is 1. The van der Waals surface area contributed by atoms with Gasteiger partial charge < -0.3 is 14.5 Å². The molecule has 1 fully saturated rings. The maximum atomic E-state index is 12.5. The zero-order chi connectivity index (χ0) is 18.0. The number of fused-ring (bicyclic) bond motifs is 1. The van der Waals surface area contributed by atoms with Gasteiger partial charge in [-0.15, -0.1) is 0 Å². The number of hydrogen-bond donors (Lipinski definition) is 1. The van der Waals surface area contributed by atoms with Crippen molar-refractivity contribution in [3.63, 3.8) is 0 Å². The van der Waals surface area contributed by atoms with Gasteiger partial charge in [-0.3, -0.25) is 4.79 Å². The Morgan fingerprint density at radius 3 is 2.80 bits per heavy atom. The highest BCUT2D eigenvalue weighted by Crippen LogP contribution is 2.29. The van der Waals surface area contributed by atoms with Crippen LogP contribution in [-0.2, 0) is 4.79 Å². The van der Waals surface area contributed by atoms with E-state index in [0.717, 1.165) is 18.2 Å². The largest absolute Gasteiger partial charge is 0.481 e. The molecule has 2 aromatic rings. The van der Waals surface area contributed by atoms with Crippen LogP contribution in [0.4, 0.5) is 0 Å². The summed E-state index contributed by atoms with van der Waals surface area (Å²) < 4.78 is 10.9. The Morgan fingerprint density at radius 2 is 2.00 bits per heavy atom. The fraction of sp³-hybridized carbons (Fsp3) is 0.500. The SMILES string of the molecule is C[C@@H]1[C@@H](C)CCC[C@H]1NC(=O)[C@@H](C)Oc1ccc2ccc(=O)oc2c1. The van der Waals surface area contributed by atoms with E-state index in [1.165, 1.54) is 12.5 Å². The zero-order valence-corrected chi connectivity index (χ0v) is 15.0. The molecule has 0 spiro atoms. The first kappa shape index (κ1) is 17.5. The molecule has 1 aliphatic rings. The third-order valence-corrected chi connectivity index (χ3v) is 5.31. The van der Waals surface area contributed by atoms with Crippen LogP contribution < -0.4 is 15.7 Å². The fourth-order valence-electron chi connectivity index (χ4n) is 3.46. The summed E-state index contributed by atoms with van der Waals surface area (Å²) in [6.07, 6.45) is 2.78. The van der Waals surface area contributed by atoms with Gasteiger partial charge >= 0.3 is 5.63 Å². The Morgan fingerprint density at radius 1 is 1.24 bits per heavy atom. The summed E-state index contributed by atoms with van der Waals surface area (Å²) in [6.45, 7) is 6.18. The fourth-order valence-corrected chi connectivity index (χ4v) is 3.46. The quantitative estimate of drug-likeness (QED) is 0.863. The van der Waals surface area contributed by atoms with E-state index in [0.29, 0.717) is 23.2 Å². The molecule has 5 nitrogen and oxygen atoms in total. The van der Waals surface area contributed by atoms with Crippen LogP contribution in [0, 0.1) is 11.8 Å². The summed E-state index contributed by atoms with van der Waals surface area (Å²) in [7, 11) is 0. The Labute approximate surface area is 147 Å². The third-order valence-electron chi connectivity index (χ3n) is 5.31. The normalized spacial score (nSPS) is 24.7. The van der Waals surface area contributed by atoms with Gasteiger partial charge in [-0.05, 0) is 43.4 Å². The minimum absolute atomic E-state index is 0.111. The molecule has 1 amide bonds. The zero-order valence-electron chi connectivity index (χ0n) is 15.0. The van der Waals surface area contributed by atoms with E-state index < -0.39 is 11.7 Å². The first-order chi connectivity index (χ1) is 11.9. The van der Waals surface area contributed by atoms with Crippen molar-refractivity contribution in [1.29, 1.82) is 0 Å². The molecule has 4 atom stereocenters. The van der Waals surface area contributed by atoms with Crippen LogP contribution in [0.15, 0.2) is 39.5 Å². The highest BCUT2D eigenvalue weighted by Gasteiger charge is 2.29. The topological polar surface area (TPSA) is 68.5 Å². The molecule has 0 unspecified atom stereocenters. The van der Waals surface area contributed by atoms with Gasteiger partial charge in [0.05, 0.1) is 0 Å². The Bertz CT molecular complexity index is 813. The predicted octanol–water partition coefficient (Wildman–Crippen LogP) is 3.50. The molecule has 0 radical (unpaired) electrons. The summed E-state index contributed by atoms with van der Waals surface area (Å²) in [4.78, 5) is 23.8. The molecule has 25 heavy (non-hydrogen) atoms. The van der Waals surface area contributed by atoms with Crippen molar-refractivity contribution in [1.82, 2.24) is 5.32 Å². The third kappa shape index (κ3) is 4.03. The molecule has 1 N–H and O–H groups in total. The molecular formula is C20H25NO4. The monoisotopic (exact) mass is 343 g/mol. The van der Waals surface area contributed by atoms with E-state index in [4.69, 9.17) is 9.15 Å². The van der Waals surface area contributed by atoms with Crippen LogP contribution in [0.25, 0.3) is 11.0 Å². The first-order valence-electron chi connectivity index (χ1n) is 8.95. The van der Waals surface area contributed by atoms with Crippen LogP contribution >= 0.6 is 0 Å². The number of nitrogens with one attached hydrogen (secondary N) is 1. The number of rotatable bonds is 4. The van der Waals surface area contributed by atoms with E-state index in [-0.39, 0.29) is 11.9 Å². The molecule has 1 aromatic heterocycles. The van der Waals surface area contributed by atoms with Gasteiger partial charge in [-0.1, -0.05) is 26.7 Å². The lowest BCUT2D eigenvalue weighted by Crippen LogP contribution is -2.48. The number of hydrogen-bond acceptors (Lipinski definition) is 4.